The van der Waals surface area contributed by atoms with Gasteiger partial charge >= 0.3 is 0 Å². The van der Waals surface area contributed by atoms with Crippen molar-refractivity contribution in [2.45, 2.75) is 52.1 Å². The maximum Gasteiger partial charge on any atom is 0.134 e. The number of aromatic nitrogens is 1. The predicted octanol–water partition coefficient (Wildman–Crippen LogP) is 15.8. The Hall–Kier alpha value is -7.53. The number of hydrogen-bond donors (Lipinski definition) is 1. The number of rotatable bonds is 10. The fourth-order valence-electron chi connectivity index (χ4n) is 9.72. The highest BCUT2D eigenvalue weighted by Crippen LogP contribution is 2.46. The van der Waals surface area contributed by atoms with Crippen molar-refractivity contribution in [3.8, 4) is 11.1 Å². The van der Waals surface area contributed by atoms with Crippen LogP contribution in [0.3, 0.4) is 0 Å². The monoisotopic (exact) mass is 842 g/mol. The van der Waals surface area contributed by atoms with Crippen LogP contribution in [-0.2, 0) is 19.4 Å². The van der Waals surface area contributed by atoms with Gasteiger partial charge in [-0.15, -0.1) is 0 Å². The van der Waals surface area contributed by atoms with Crippen LogP contribution in [0.1, 0.15) is 71.7 Å². The molecule has 7 aromatic carbocycles. The van der Waals surface area contributed by atoms with Gasteiger partial charge in [0.1, 0.15) is 5.82 Å². The number of allylic oxidation sites excluding steroid dienone is 7. The number of fused-ring (bicyclic) bond motifs is 7. The van der Waals surface area contributed by atoms with Gasteiger partial charge in [-0.1, -0.05) is 178 Å². The van der Waals surface area contributed by atoms with E-state index in [0.29, 0.717) is 6.54 Å². The lowest BCUT2D eigenvalue weighted by Crippen LogP contribution is -2.20. The first-order valence-corrected chi connectivity index (χ1v) is 23.1. The summed E-state index contributed by atoms with van der Waals surface area (Å²) in [6, 6.07) is 57.5. The molecule has 3 aliphatic rings. The van der Waals surface area contributed by atoms with E-state index in [1.54, 1.807) is 0 Å². The number of nitrogens with one attached hydrogen (secondary N) is 1. The van der Waals surface area contributed by atoms with E-state index < -0.39 is 0 Å². The van der Waals surface area contributed by atoms with Crippen LogP contribution in [0.25, 0.3) is 50.4 Å². The molecule has 2 aliphatic carbocycles. The lowest BCUT2D eigenvalue weighted by Gasteiger charge is -2.34. The Labute approximate surface area is 383 Å². The number of para-hydroxylation sites is 2. The number of anilines is 3. The summed E-state index contributed by atoms with van der Waals surface area (Å²) < 4.78 is 2.34. The van der Waals surface area contributed by atoms with E-state index in [2.05, 4.69) is 228 Å². The molecule has 0 bridgehead atoms. The van der Waals surface area contributed by atoms with Gasteiger partial charge in [-0.25, -0.2) is 4.99 Å². The van der Waals surface area contributed by atoms with E-state index in [1.165, 1.54) is 66.7 Å². The molecule has 0 spiro atoms. The summed E-state index contributed by atoms with van der Waals surface area (Å²) >= 11 is 0. The van der Waals surface area contributed by atoms with Crippen LogP contribution in [0.5, 0.6) is 0 Å². The molecule has 8 aromatic rings. The van der Waals surface area contributed by atoms with Gasteiger partial charge in [-0.3, -0.25) is 4.57 Å². The summed E-state index contributed by atoms with van der Waals surface area (Å²) in [5.74, 6) is 0.790. The minimum atomic E-state index is -0.154. The highest BCUT2D eigenvalue weighted by molar-refractivity contribution is 6.15. The fourth-order valence-corrected chi connectivity index (χ4v) is 9.72. The fraction of sp³-hybridized carbons (Fsp3) is 0.131. The van der Waals surface area contributed by atoms with Gasteiger partial charge < -0.3 is 10.2 Å². The van der Waals surface area contributed by atoms with Gasteiger partial charge in [0.2, 0.25) is 0 Å². The van der Waals surface area contributed by atoms with Crippen molar-refractivity contribution >= 4 is 63.1 Å². The van der Waals surface area contributed by atoms with Crippen molar-refractivity contribution in [2.24, 2.45) is 4.99 Å². The lowest BCUT2D eigenvalue weighted by atomic mass is 9.91. The molecule has 0 amide bonds. The van der Waals surface area contributed by atoms with Gasteiger partial charge in [0, 0.05) is 35.1 Å². The van der Waals surface area contributed by atoms with Crippen molar-refractivity contribution in [3.63, 3.8) is 0 Å². The third-order valence-electron chi connectivity index (χ3n) is 12.9. The van der Waals surface area contributed by atoms with Crippen LogP contribution in [0.2, 0.25) is 0 Å². The van der Waals surface area contributed by atoms with E-state index in [0.717, 1.165) is 59.4 Å². The molecule has 318 valence electrons. The summed E-state index contributed by atoms with van der Waals surface area (Å²) in [5, 5.41) is 6.36. The van der Waals surface area contributed by atoms with E-state index >= 15 is 0 Å². The third kappa shape index (κ3) is 8.14. The summed E-state index contributed by atoms with van der Waals surface area (Å²) in [4.78, 5) is 7.29. The second kappa shape index (κ2) is 18.7. The smallest absolute Gasteiger partial charge is 0.134 e. The molecule has 1 unspecified atom stereocenters. The van der Waals surface area contributed by atoms with E-state index in [-0.39, 0.29) is 6.04 Å². The Kier molecular flexibility index (Phi) is 11.9. The molecule has 0 saturated carbocycles. The second-order valence-corrected chi connectivity index (χ2v) is 16.7. The lowest BCUT2D eigenvalue weighted by molar-refractivity contribution is 0.620. The molecular formula is C61H54N4. The molecule has 0 radical (unpaired) electrons. The van der Waals surface area contributed by atoms with Crippen LogP contribution in [0.4, 0.5) is 17.1 Å². The molecule has 4 nitrogen and oxygen atoms in total. The van der Waals surface area contributed by atoms with Gasteiger partial charge in [-0.2, -0.15) is 0 Å². The Balaban J connectivity index is 0.00000246. The van der Waals surface area contributed by atoms with Crippen LogP contribution >= 0.6 is 0 Å². The predicted molar refractivity (Wildman–Crippen MR) is 278 cm³/mol. The maximum absolute atomic E-state index is 4.87. The normalized spacial score (nSPS) is 14.5. The zero-order valence-corrected chi connectivity index (χ0v) is 37.3. The SMILES string of the molecule is C=N/C(=C\C(NCc1ccccc1)c1ccc(C2=CC=CCC=C2)cc1)n1c2cc(-c3ccc4c(c3)N(c3ccccc3)c3ccccc3C4)ccc2c2c3c(ccc21)CCC=C3.CC. The highest BCUT2D eigenvalue weighted by Gasteiger charge is 2.25. The van der Waals surface area contributed by atoms with Crippen LogP contribution in [0.15, 0.2) is 205 Å². The summed E-state index contributed by atoms with van der Waals surface area (Å²) in [6.07, 6.45) is 21.8. The molecule has 0 fully saturated rings. The summed E-state index contributed by atoms with van der Waals surface area (Å²) in [5.41, 5.74) is 18.3. The molecule has 1 atom stereocenters. The minimum Gasteiger partial charge on any atom is -0.310 e. The summed E-state index contributed by atoms with van der Waals surface area (Å²) in [7, 11) is 0. The Morgan fingerprint density at radius 2 is 1.40 bits per heavy atom. The number of aliphatic imine (C=N–C) groups is 1. The van der Waals surface area contributed by atoms with Crippen molar-refractivity contribution < 1.29 is 0 Å². The molecular weight excluding hydrogens is 789 g/mol. The largest absolute Gasteiger partial charge is 0.310 e. The van der Waals surface area contributed by atoms with Crippen molar-refractivity contribution in [3.05, 3.63) is 239 Å². The van der Waals surface area contributed by atoms with Crippen molar-refractivity contribution in [1.82, 2.24) is 9.88 Å². The molecule has 11 rings (SSSR count). The molecule has 65 heavy (non-hydrogen) atoms. The minimum absolute atomic E-state index is 0.154. The summed E-state index contributed by atoms with van der Waals surface area (Å²) in [6.45, 7) is 8.94. The van der Waals surface area contributed by atoms with Crippen molar-refractivity contribution in [2.75, 3.05) is 4.90 Å². The maximum atomic E-state index is 4.87. The second-order valence-electron chi connectivity index (χ2n) is 16.7. The van der Waals surface area contributed by atoms with E-state index in [1.807, 2.05) is 13.8 Å². The average molecular weight is 843 g/mol. The molecule has 1 N–H and O–H groups in total. The van der Waals surface area contributed by atoms with E-state index in [9.17, 15) is 0 Å². The highest BCUT2D eigenvalue weighted by atomic mass is 15.2. The van der Waals surface area contributed by atoms with Crippen molar-refractivity contribution in [1.29, 1.82) is 0 Å². The third-order valence-corrected chi connectivity index (χ3v) is 12.9. The molecule has 4 heteroatoms. The Morgan fingerprint density at radius 1 is 0.677 bits per heavy atom. The topological polar surface area (TPSA) is 32.6 Å². The van der Waals surface area contributed by atoms with Crippen LogP contribution in [-0.4, -0.2) is 11.3 Å². The van der Waals surface area contributed by atoms with Gasteiger partial charge in [0.25, 0.3) is 0 Å². The molecule has 1 aliphatic heterocycles. The van der Waals surface area contributed by atoms with Gasteiger partial charge in [-0.05, 0) is 124 Å². The van der Waals surface area contributed by atoms with E-state index in [4.69, 9.17) is 4.99 Å². The Bertz CT molecular complexity index is 3180. The quantitative estimate of drug-likeness (QED) is 0.139. The first-order chi connectivity index (χ1) is 32.2. The number of nitrogens with zero attached hydrogens (tertiary/aromatic N) is 3. The number of benzene rings is 7. The molecule has 2 heterocycles. The van der Waals surface area contributed by atoms with Crippen LogP contribution in [0, 0.1) is 0 Å². The standard InChI is InChI=1S/C59H48N4.C2H6/c1-60-58(39-53(61-40-41-16-6-4-7-17-41)45-28-26-43(27-29-45)42-18-8-2-3-9-19-42)63-55-35-33-44-20-12-14-24-51(44)59(55)52-34-32-47(38-57(52)63)46-30-31-49-36-48-21-13-15-25-54(48)62(56(49)37-46)50-22-10-5-11-23-50;1-2/h2,4-11,13-19,21-35,37-39,53,61H,1,3,12,20,36,40H2;1-2H3/b58-39+;. The Morgan fingerprint density at radius 3 is 2.23 bits per heavy atom. The first-order valence-electron chi connectivity index (χ1n) is 23.1. The first kappa shape index (κ1) is 41.5. The zero-order valence-electron chi connectivity index (χ0n) is 37.3. The van der Waals surface area contributed by atoms with Gasteiger partial charge in [0.15, 0.2) is 0 Å². The molecule has 0 saturated heterocycles. The average Bonchev–Trinajstić information content (AvgIpc) is 3.48. The molecule has 1 aromatic heterocycles. The van der Waals surface area contributed by atoms with Gasteiger partial charge in [0.05, 0.1) is 22.8 Å². The number of hydrogen-bond acceptors (Lipinski definition) is 3. The van der Waals surface area contributed by atoms with Crippen LogP contribution < -0.4 is 10.2 Å². The number of aryl methyl sites for hydroxylation is 1. The zero-order chi connectivity index (χ0) is 44.1.